The van der Waals surface area contributed by atoms with Crippen LogP contribution in [0.5, 0.6) is 0 Å². The van der Waals surface area contributed by atoms with Crippen molar-refractivity contribution in [3.63, 3.8) is 0 Å². The maximum atomic E-state index is 13.1. The molecule has 0 spiro atoms. The molecule has 1 N–H and O–H groups in total. The predicted molar refractivity (Wildman–Crippen MR) is 100 cm³/mol. The Morgan fingerprint density at radius 2 is 1.35 bits per heavy atom. The Labute approximate surface area is 154 Å². The molecule has 8 heteroatoms. The minimum absolute atomic E-state index is 0.0568. The number of benzene rings is 2. The van der Waals surface area contributed by atoms with E-state index in [1.807, 2.05) is 13.8 Å². The van der Waals surface area contributed by atoms with Crippen LogP contribution in [-0.2, 0) is 19.9 Å². The van der Waals surface area contributed by atoms with Crippen LogP contribution in [0.4, 0.5) is 0 Å². The Bertz CT molecular complexity index is 899. The molecule has 1 atom stereocenters. The standard InChI is InChI=1S/C18H22N2O4S2/c1-14-3-7-16(8-4-14)25(21,22)18-13-19-11-12-20(18)26(23,24)17-9-5-15(2)6-10-17/h3-10,18-19H,11-13H2,1-2H3. The molecule has 0 bridgehead atoms. The lowest BCUT2D eigenvalue weighted by Gasteiger charge is -2.34. The fraction of sp³-hybridized carbons (Fsp3) is 0.333. The number of hydrogen-bond acceptors (Lipinski definition) is 5. The lowest BCUT2D eigenvalue weighted by atomic mass is 10.2. The molecule has 1 aliphatic heterocycles. The first kappa shape index (κ1) is 19.0. The number of sulfone groups is 1. The van der Waals surface area contributed by atoms with E-state index in [1.165, 1.54) is 24.3 Å². The van der Waals surface area contributed by atoms with Crippen LogP contribution in [0.25, 0.3) is 0 Å². The molecular formula is C18H22N2O4S2. The quantitative estimate of drug-likeness (QED) is 0.853. The molecule has 140 valence electrons. The van der Waals surface area contributed by atoms with Crippen molar-refractivity contribution >= 4 is 19.9 Å². The van der Waals surface area contributed by atoms with Gasteiger partial charge in [0.05, 0.1) is 9.79 Å². The molecule has 1 fully saturated rings. The topological polar surface area (TPSA) is 83.6 Å². The zero-order chi connectivity index (χ0) is 18.9. The smallest absolute Gasteiger partial charge is 0.244 e. The first-order chi connectivity index (χ1) is 12.2. The molecule has 2 aromatic carbocycles. The minimum atomic E-state index is -3.91. The SMILES string of the molecule is Cc1ccc(S(=O)(=O)C2CNCCN2S(=O)(=O)c2ccc(C)cc2)cc1. The highest BCUT2D eigenvalue weighted by molar-refractivity contribution is 7.94. The summed E-state index contributed by atoms with van der Waals surface area (Å²) in [7, 11) is -7.76. The van der Waals surface area contributed by atoms with Gasteiger partial charge in [-0.2, -0.15) is 4.31 Å². The summed E-state index contributed by atoms with van der Waals surface area (Å²) >= 11 is 0. The van der Waals surface area contributed by atoms with Gasteiger partial charge in [0.2, 0.25) is 10.0 Å². The van der Waals surface area contributed by atoms with E-state index in [4.69, 9.17) is 0 Å². The molecule has 1 heterocycles. The van der Waals surface area contributed by atoms with Crippen molar-refractivity contribution in [3.05, 3.63) is 59.7 Å². The zero-order valence-corrected chi connectivity index (χ0v) is 16.3. The Hall–Kier alpha value is -1.74. The Morgan fingerprint density at radius 3 is 1.88 bits per heavy atom. The fourth-order valence-electron chi connectivity index (χ4n) is 2.93. The van der Waals surface area contributed by atoms with Gasteiger partial charge in [-0.25, -0.2) is 16.8 Å². The van der Waals surface area contributed by atoms with Gasteiger partial charge in [-0.3, -0.25) is 0 Å². The van der Waals surface area contributed by atoms with E-state index in [2.05, 4.69) is 5.32 Å². The lowest BCUT2D eigenvalue weighted by molar-refractivity contribution is 0.323. The maximum absolute atomic E-state index is 13.1. The largest absolute Gasteiger partial charge is 0.313 e. The highest BCUT2D eigenvalue weighted by Gasteiger charge is 2.41. The number of piperazine rings is 1. The highest BCUT2D eigenvalue weighted by Crippen LogP contribution is 2.26. The lowest BCUT2D eigenvalue weighted by Crippen LogP contribution is -2.56. The Morgan fingerprint density at radius 1 is 0.846 bits per heavy atom. The van der Waals surface area contributed by atoms with Crippen LogP contribution >= 0.6 is 0 Å². The molecule has 1 unspecified atom stereocenters. The molecule has 0 amide bonds. The first-order valence-corrected chi connectivity index (χ1v) is 11.3. The van der Waals surface area contributed by atoms with Gasteiger partial charge in [0.1, 0.15) is 5.37 Å². The van der Waals surface area contributed by atoms with Gasteiger partial charge < -0.3 is 5.32 Å². The summed E-state index contributed by atoms with van der Waals surface area (Å²) in [6, 6.07) is 12.9. The molecule has 1 saturated heterocycles. The van der Waals surface area contributed by atoms with Gasteiger partial charge in [-0.05, 0) is 38.1 Å². The summed E-state index contributed by atoms with van der Waals surface area (Å²) in [4.78, 5) is 0.231. The molecule has 0 aromatic heterocycles. The number of aryl methyl sites for hydroxylation is 2. The molecule has 26 heavy (non-hydrogen) atoms. The molecule has 2 aromatic rings. The average Bonchev–Trinajstić information content (AvgIpc) is 2.62. The average molecular weight is 395 g/mol. The van der Waals surface area contributed by atoms with Gasteiger partial charge in [-0.15, -0.1) is 0 Å². The summed E-state index contributed by atoms with van der Waals surface area (Å²) in [6.07, 6.45) is 0. The van der Waals surface area contributed by atoms with Crippen LogP contribution in [0.1, 0.15) is 11.1 Å². The highest BCUT2D eigenvalue weighted by atomic mass is 32.2. The van der Waals surface area contributed by atoms with Gasteiger partial charge >= 0.3 is 0 Å². The monoisotopic (exact) mass is 394 g/mol. The Balaban J connectivity index is 2.02. The third kappa shape index (κ3) is 3.55. The van der Waals surface area contributed by atoms with Crippen LogP contribution in [-0.4, -0.2) is 46.1 Å². The van der Waals surface area contributed by atoms with Crippen molar-refractivity contribution in [2.24, 2.45) is 0 Å². The molecule has 0 aliphatic carbocycles. The normalized spacial score (nSPS) is 19.4. The minimum Gasteiger partial charge on any atom is -0.313 e. The van der Waals surface area contributed by atoms with Crippen molar-refractivity contribution < 1.29 is 16.8 Å². The van der Waals surface area contributed by atoms with Gasteiger partial charge in [0, 0.05) is 19.6 Å². The van der Waals surface area contributed by atoms with E-state index >= 15 is 0 Å². The summed E-state index contributed by atoms with van der Waals surface area (Å²) in [5, 5.41) is 1.82. The van der Waals surface area contributed by atoms with Crippen LogP contribution in [0.15, 0.2) is 58.3 Å². The Kier molecular flexibility index (Phi) is 5.21. The number of sulfonamides is 1. The summed E-state index contributed by atoms with van der Waals surface area (Å²) in [5.74, 6) is 0. The summed E-state index contributed by atoms with van der Waals surface area (Å²) in [5.41, 5.74) is 1.88. The van der Waals surface area contributed by atoms with Crippen LogP contribution in [0.2, 0.25) is 0 Å². The molecule has 6 nitrogen and oxygen atoms in total. The third-order valence-electron chi connectivity index (χ3n) is 4.48. The van der Waals surface area contributed by atoms with E-state index in [-0.39, 0.29) is 22.9 Å². The van der Waals surface area contributed by atoms with E-state index in [0.717, 1.165) is 15.4 Å². The summed E-state index contributed by atoms with van der Waals surface area (Å²) < 4.78 is 53.4. The molecular weight excluding hydrogens is 372 g/mol. The predicted octanol–water partition coefficient (Wildman–Crippen LogP) is 1.70. The van der Waals surface area contributed by atoms with Crippen molar-refractivity contribution in [1.82, 2.24) is 9.62 Å². The van der Waals surface area contributed by atoms with Gasteiger partial charge in [-0.1, -0.05) is 35.4 Å². The van der Waals surface area contributed by atoms with Crippen molar-refractivity contribution in [2.75, 3.05) is 19.6 Å². The number of hydrogen-bond donors (Lipinski definition) is 1. The van der Waals surface area contributed by atoms with Crippen LogP contribution in [0, 0.1) is 13.8 Å². The van der Waals surface area contributed by atoms with E-state index in [0.29, 0.717) is 6.54 Å². The molecule has 0 radical (unpaired) electrons. The summed E-state index contributed by atoms with van der Waals surface area (Å²) in [6.45, 7) is 4.30. The number of nitrogens with one attached hydrogen (secondary N) is 1. The maximum Gasteiger partial charge on any atom is 0.244 e. The fourth-order valence-corrected chi connectivity index (χ4v) is 6.66. The second kappa shape index (κ2) is 7.11. The van der Waals surface area contributed by atoms with E-state index in [1.54, 1.807) is 24.3 Å². The van der Waals surface area contributed by atoms with Crippen LogP contribution in [0.3, 0.4) is 0 Å². The van der Waals surface area contributed by atoms with Gasteiger partial charge in [0.15, 0.2) is 9.84 Å². The third-order valence-corrected chi connectivity index (χ3v) is 8.61. The second-order valence-corrected chi connectivity index (χ2v) is 10.4. The first-order valence-electron chi connectivity index (χ1n) is 8.33. The number of rotatable bonds is 4. The molecule has 1 aliphatic rings. The molecule has 0 saturated carbocycles. The van der Waals surface area contributed by atoms with Crippen molar-refractivity contribution in [3.8, 4) is 0 Å². The second-order valence-electron chi connectivity index (χ2n) is 6.45. The van der Waals surface area contributed by atoms with E-state index < -0.39 is 25.2 Å². The van der Waals surface area contributed by atoms with Crippen molar-refractivity contribution in [2.45, 2.75) is 29.0 Å². The van der Waals surface area contributed by atoms with Gasteiger partial charge in [0.25, 0.3) is 0 Å². The van der Waals surface area contributed by atoms with Crippen LogP contribution < -0.4 is 5.32 Å². The number of nitrogens with zero attached hydrogens (tertiary/aromatic N) is 1. The molecule has 3 rings (SSSR count). The van der Waals surface area contributed by atoms with Crippen molar-refractivity contribution in [1.29, 1.82) is 0 Å². The van der Waals surface area contributed by atoms with E-state index in [9.17, 15) is 16.8 Å². The zero-order valence-electron chi connectivity index (χ0n) is 14.7.